The van der Waals surface area contributed by atoms with Crippen molar-refractivity contribution < 1.29 is 43.7 Å². The van der Waals surface area contributed by atoms with E-state index in [4.69, 9.17) is 19.1 Å². The van der Waals surface area contributed by atoms with Crippen LogP contribution in [0.25, 0.3) is 0 Å². The van der Waals surface area contributed by atoms with Crippen molar-refractivity contribution in [3.63, 3.8) is 0 Å². The van der Waals surface area contributed by atoms with Gasteiger partial charge >= 0.3 is 18.3 Å². The maximum atomic E-state index is 12.7. The van der Waals surface area contributed by atoms with Gasteiger partial charge in [0.1, 0.15) is 5.60 Å². The zero-order chi connectivity index (χ0) is 30.6. The molecule has 0 atom stereocenters. The van der Waals surface area contributed by atoms with Gasteiger partial charge in [-0.15, -0.1) is 10.1 Å². The molecule has 2 N–H and O–H groups in total. The second-order valence-electron chi connectivity index (χ2n) is 11.2. The molecular formula is C30H41N3O9. The van der Waals surface area contributed by atoms with Crippen molar-refractivity contribution in [2.75, 3.05) is 52.4 Å². The van der Waals surface area contributed by atoms with Crippen LogP contribution in [0.3, 0.4) is 0 Å². The molecule has 1 aliphatic rings. The first-order valence-electron chi connectivity index (χ1n) is 13.9. The third-order valence-electron chi connectivity index (χ3n) is 6.47. The molecule has 0 aliphatic carbocycles. The van der Waals surface area contributed by atoms with Crippen molar-refractivity contribution >= 4 is 18.3 Å². The first-order valence-corrected chi connectivity index (χ1v) is 13.9. The predicted octanol–water partition coefficient (Wildman–Crippen LogP) is 3.71. The minimum Gasteiger partial charge on any atom is -0.459 e. The molecule has 1 aliphatic heterocycles. The second kappa shape index (κ2) is 15.5. The Balaban J connectivity index is 1.96. The van der Waals surface area contributed by atoms with Crippen LogP contribution in [0.15, 0.2) is 60.7 Å². The lowest BCUT2D eigenvalue weighted by molar-refractivity contribution is -0.188. The maximum absolute atomic E-state index is 12.7. The van der Waals surface area contributed by atoms with Crippen molar-refractivity contribution in [1.82, 2.24) is 15.0 Å². The first kappa shape index (κ1) is 32.8. The van der Waals surface area contributed by atoms with Gasteiger partial charge in [-0.25, -0.2) is 9.59 Å². The van der Waals surface area contributed by atoms with Crippen LogP contribution in [-0.2, 0) is 36.8 Å². The Hall–Kier alpha value is -3.71. The van der Waals surface area contributed by atoms with E-state index in [2.05, 4.69) is 0 Å². The summed E-state index contributed by atoms with van der Waals surface area (Å²) in [5, 5.41) is 21.6. The van der Waals surface area contributed by atoms with Gasteiger partial charge in [-0.05, 0) is 31.9 Å². The molecule has 0 aromatic heterocycles. The second-order valence-corrected chi connectivity index (χ2v) is 11.2. The van der Waals surface area contributed by atoms with E-state index in [1.165, 1.54) is 10.1 Å². The van der Waals surface area contributed by atoms with Gasteiger partial charge in [-0.1, -0.05) is 60.7 Å². The number of carbonyl (C=O) groups excluding carboxylic acids is 1. The molecular weight excluding hydrogens is 546 g/mol. The molecule has 1 heterocycles. The normalized spacial score (nSPS) is 17.8. The van der Waals surface area contributed by atoms with Crippen molar-refractivity contribution in [2.45, 2.75) is 44.8 Å². The summed E-state index contributed by atoms with van der Waals surface area (Å²) in [7, 11) is 0. The van der Waals surface area contributed by atoms with E-state index >= 15 is 0 Å². The number of esters is 1. The van der Waals surface area contributed by atoms with E-state index in [0.717, 1.165) is 11.1 Å². The molecule has 12 nitrogen and oxygen atoms in total. The molecule has 0 bridgehead atoms. The SMILES string of the molecule is CC(C)(C)OC(=O)CN1CCN(OC(=O)O)CCOC(Cc2ccccc2)(Cc2ccccc2)CN(OC(=O)O)CC1. The van der Waals surface area contributed by atoms with Crippen LogP contribution in [-0.4, -0.2) is 107 Å². The highest BCUT2D eigenvalue weighted by Crippen LogP contribution is 2.26. The molecule has 0 saturated carbocycles. The zero-order valence-corrected chi connectivity index (χ0v) is 24.4. The Morgan fingerprint density at radius 2 is 1.29 bits per heavy atom. The van der Waals surface area contributed by atoms with Gasteiger partial charge in [-0.3, -0.25) is 9.69 Å². The topological polar surface area (TPSA) is 138 Å². The molecule has 230 valence electrons. The van der Waals surface area contributed by atoms with Crippen LogP contribution in [0, 0.1) is 0 Å². The van der Waals surface area contributed by atoms with Crippen LogP contribution >= 0.6 is 0 Å². The number of hydroxylamine groups is 4. The number of rotatable bonds is 8. The van der Waals surface area contributed by atoms with E-state index in [0.29, 0.717) is 12.8 Å². The van der Waals surface area contributed by atoms with Crippen LogP contribution in [0.4, 0.5) is 9.59 Å². The largest absolute Gasteiger partial charge is 0.525 e. The third kappa shape index (κ3) is 12.0. The minimum atomic E-state index is -1.46. The van der Waals surface area contributed by atoms with E-state index in [-0.39, 0.29) is 52.4 Å². The average Bonchev–Trinajstić information content (AvgIpc) is 2.88. The quantitative estimate of drug-likeness (QED) is 0.436. The third-order valence-corrected chi connectivity index (χ3v) is 6.47. The van der Waals surface area contributed by atoms with E-state index in [1.807, 2.05) is 60.7 Å². The molecule has 1 saturated heterocycles. The number of nitrogens with zero attached hydrogens (tertiary/aromatic N) is 3. The van der Waals surface area contributed by atoms with Crippen molar-refractivity contribution in [1.29, 1.82) is 0 Å². The lowest BCUT2D eigenvalue weighted by Gasteiger charge is -2.39. The molecule has 42 heavy (non-hydrogen) atoms. The van der Waals surface area contributed by atoms with E-state index in [1.54, 1.807) is 25.7 Å². The highest BCUT2D eigenvalue weighted by atomic mass is 16.8. The Kier molecular flexibility index (Phi) is 12.1. The van der Waals surface area contributed by atoms with E-state index < -0.39 is 29.5 Å². The molecule has 2 aromatic rings. The summed E-state index contributed by atoms with van der Waals surface area (Å²) in [4.78, 5) is 47.9. The van der Waals surface area contributed by atoms with Crippen molar-refractivity contribution in [2.24, 2.45) is 0 Å². The van der Waals surface area contributed by atoms with Gasteiger partial charge in [-0.2, -0.15) is 0 Å². The maximum Gasteiger partial charge on any atom is 0.525 e. The lowest BCUT2D eigenvalue weighted by Crippen LogP contribution is -2.53. The standard InChI is InChI=1S/C30H41N3O9/c1-29(2,3)40-26(34)22-31-14-16-32(41-27(35)36)18-19-39-30(20-24-10-6-4-7-11-24,21-25-12-8-5-9-13-25)23-33(17-15-31)42-28(37)38/h4-13H,14-23H2,1-3H3,(H,35,36)(H,37,38). The molecule has 0 spiro atoms. The lowest BCUT2D eigenvalue weighted by atomic mass is 9.87. The van der Waals surface area contributed by atoms with E-state index in [9.17, 15) is 24.6 Å². The Morgan fingerprint density at radius 3 is 1.79 bits per heavy atom. The number of carbonyl (C=O) groups is 3. The van der Waals surface area contributed by atoms with Crippen LogP contribution in [0.2, 0.25) is 0 Å². The summed E-state index contributed by atoms with van der Waals surface area (Å²) in [6.07, 6.45) is -2.08. The molecule has 3 rings (SSSR count). The van der Waals surface area contributed by atoms with Gasteiger partial charge in [0, 0.05) is 39.0 Å². The Bertz CT molecular complexity index is 1100. The van der Waals surface area contributed by atoms with Gasteiger partial charge in [0.2, 0.25) is 0 Å². The molecule has 1 fully saturated rings. The number of hydrogen-bond donors (Lipinski definition) is 2. The minimum absolute atomic E-state index is 0.0726. The van der Waals surface area contributed by atoms with Gasteiger partial charge < -0.3 is 29.4 Å². The van der Waals surface area contributed by atoms with Gasteiger partial charge in [0.15, 0.2) is 0 Å². The summed E-state index contributed by atoms with van der Waals surface area (Å²) >= 11 is 0. The van der Waals surface area contributed by atoms with Crippen molar-refractivity contribution in [3.8, 4) is 0 Å². The Labute approximate surface area is 246 Å². The molecule has 0 amide bonds. The fraction of sp³-hybridized carbons (Fsp3) is 0.500. The first-order chi connectivity index (χ1) is 19.9. The number of carboxylic acid groups (broad SMARTS) is 2. The van der Waals surface area contributed by atoms with Gasteiger partial charge in [0.25, 0.3) is 0 Å². The number of benzene rings is 2. The predicted molar refractivity (Wildman–Crippen MR) is 153 cm³/mol. The fourth-order valence-electron chi connectivity index (χ4n) is 4.86. The smallest absolute Gasteiger partial charge is 0.459 e. The molecule has 0 radical (unpaired) electrons. The average molecular weight is 588 g/mol. The summed E-state index contributed by atoms with van der Waals surface area (Å²) < 4.78 is 12.0. The highest BCUT2D eigenvalue weighted by Gasteiger charge is 2.37. The summed E-state index contributed by atoms with van der Waals surface area (Å²) in [5.74, 6) is -0.461. The summed E-state index contributed by atoms with van der Waals surface area (Å²) in [5.41, 5.74) is 0.288. The fourth-order valence-corrected chi connectivity index (χ4v) is 4.86. The number of ether oxygens (including phenoxy) is 2. The van der Waals surface area contributed by atoms with Gasteiger partial charge in [0.05, 0.1) is 31.8 Å². The molecule has 0 unspecified atom stereocenters. The highest BCUT2D eigenvalue weighted by molar-refractivity contribution is 5.72. The summed E-state index contributed by atoms with van der Waals surface area (Å²) in [6.45, 7) is 6.20. The van der Waals surface area contributed by atoms with Crippen molar-refractivity contribution in [3.05, 3.63) is 71.8 Å². The van der Waals surface area contributed by atoms with Crippen LogP contribution in [0.5, 0.6) is 0 Å². The zero-order valence-electron chi connectivity index (χ0n) is 24.4. The Morgan fingerprint density at radius 1 is 0.786 bits per heavy atom. The van der Waals surface area contributed by atoms with Crippen LogP contribution in [0.1, 0.15) is 31.9 Å². The number of hydrogen-bond acceptors (Lipinski definition) is 10. The summed E-state index contributed by atoms with van der Waals surface area (Å²) in [6, 6.07) is 19.4. The molecule has 2 aromatic carbocycles. The monoisotopic (exact) mass is 587 g/mol. The molecule has 12 heteroatoms. The van der Waals surface area contributed by atoms with Crippen LogP contribution < -0.4 is 0 Å².